The number of hydrogen-bond donors (Lipinski definition) is 2. The van der Waals surface area contributed by atoms with Crippen molar-refractivity contribution in [2.24, 2.45) is 0 Å². The first kappa shape index (κ1) is 16.5. The van der Waals surface area contributed by atoms with Crippen LogP contribution in [0.3, 0.4) is 0 Å². The number of carbonyl (C=O) groups excluding carboxylic acids is 2. The topological polar surface area (TPSA) is 101 Å². The summed E-state index contributed by atoms with van der Waals surface area (Å²) in [5.41, 5.74) is -0.724. The van der Waals surface area contributed by atoms with Gasteiger partial charge in [-0.3, -0.25) is 19.7 Å². The van der Waals surface area contributed by atoms with Crippen molar-refractivity contribution in [1.29, 1.82) is 0 Å². The molecule has 8 heteroatoms. The van der Waals surface area contributed by atoms with Crippen LogP contribution in [0.5, 0.6) is 0 Å². The molecule has 21 heavy (non-hydrogen) atoms. The summed E-state index contributed by atoms with van der Waals surface area (Å²) in [5.74, 6) is -1.85. The molecule has 0 saturated heterocycles. The van der Waals surface area contributed by atoms with Gasteiger partial charge in [0.25, 0.3) is 5.91 Å². The van der Waals surface area contributed by atoms with Crippen LogP contribution in [0.25, 0.3) is 0 Å². The molecule has 1 aromatic rings. The van der Waals surface area contributed by atoms with Crippen molar-refractivity contribution in [3.8, 4) is 0 Å². The largest absolute Gasteiger partial charge is 0.356 e. The second-order valence-corrected chi connectivity index (χ2v) is 4.28. The van der Waals surface area contributed by atoms with E-state index in [0.29, 0.717) is 6.54 Å². The number of carbonyl (C=O) groups is 2. The number of amides is 2. The Labute approximate surface area is 120 Å². The number of rotatable bonds is 7. The van der Waals surface area contributed by atoms with Gasteiger partial charge in [-0.25, -0.2) is 0 Å². The van der Waals surface area contributed by atoms with Gasteiger partial charge in [0, 0.05) is 31.1 Å². The molecule has 0 fully saturated rings. The first-order valence-electron chi connectivity index (χ1n) is 6.44. The Hall–Kier alpha value is -2.51. The quantitative estimate of drug-likeness (QED) is 0.586. The third-order valence-corrected chi connectivity index (χ3v) is 2.62. The van der Waals surface area contributed by atoms with Crippen molar-refractivity contribution in [3.05, 3.63) is 39.7 Å². The van der Waals surface area contributed by atoms with E-state index in [1.165, 1.54) is 0 Å². The predicted octanol–water partition coefficient (Wildman–Crippen LogP) is 1.38. The Morgan fingerprint density at radius 2 is 2.00 bits per heavy atom. The monoisotopic (exact) mass is 297 g/mol. The maximum Gasteiger partial charge on any atom is 0.304 e. The second-order valence-electron chi connectivity index (χ2n) is 4.28. The van der Waals surface area contributed by atoms with E-state index in [4.69, 9.17) is 0 Å². The molecule has 1 aromatic carbocycles. The fourth-order valence-electron chi connectivity index (χ4n) is 1.54. The molecule has 0 spiro atoms. The molecule has 0 aliphatic rings. The fourth-order valence-corrected chi connectivity index (χ4v) is 1.54. The van der Waals surface area contributed by atoms with Gasteiger partial charge in [0.1, 0.15) is 0 Å². The summed E-state index contributed by atoms with van der Waals surface area (Å²) in [5, 5.41) is 15.6. The first-order valence-corrected chi connectivity index (χ1v) is 6.44. The molecule has 0 heterocycles. The average Bonchev–Trinajstić information content (AvgIpc) is 2.44. The van der Waals surface area contributed by atoms with Crippen molar-refractivity contribution >= 4 is 17.5 Å². The van der Waals surface area contributed by atoms with Crippen molar-refractivity contribution in [2.45, 2.75) is 19.8 Å². The predicted molar refractivity (Wildman–Crippen MR) is 73.3 cm³/mol. The van der Waals surface area contributed by atoms with Crippen molar-refractivity contribution in [1.82, 2.24) is 10.6 Å². The van der Waals surface area contributed by atoms with Crippen LogP contribution >= 0.6 is 0 Å². The third-order valence-electron chi connectivity index (χ3n) is 2.62. The first-order chi connectivity index (χ1) is 9.95. The van der Waals surface area contributed by atoms with Gasteiger partial charge < -0.3 is 10.6 Å². The van der Waals surface area contributed by atoms with E-state index in [1.807, 2.05) is 6.92 Å². The van der Waals surface area contributed by atoms with Gasteiger partial charge in [-0.2, -0.15) is 4.39 Å². The number of nitro groups is 1. The molecule has 2 amide bonds. The zero-order valence-electron chi connectivity index (χ0n) is 11.5. The summed E-state index contributed by atoms with van der Waals surface area (Å²) < 4.78 is 13.4. The smallest absolute Gasteiger partial charge is 0.304 e. The van der Waals surface area contributed by atoms with Gasteiger partial charge >= 0.3 is 5.69 Å². The minimum Gasteiger partial charge on any atom is -0.356 e. The third kappa shape index (κ3) is 5.17. The Bertz CT molecular complexity index is 548. The fraction of sp³-hybridized carbons (Fsp3) is 0.385. The lowest BCUT2D eigenvalue weighted by Crippen LogP contribution is -2.31. The van der Waals surface area contributed by atoms with E-state index in [9.17, 15) is 24.1 Å². The molecule has 1 rings (SSSR count). The zero-order chi connectivity index (χ0) is 15.8. The van der Waals surface area contributed by atoms with E-state index >= 15 is 0 Å². The van der Waals surface area contributed by atoms with Crippen molar-refractivity contribution in [2.75, 3.05) is 13.1 Å². The molecular weight excluding hydrogens is 281 g/mol. The highest BCUT2D eigenvalue weighted by molar-refractivity contribution is 5.94. The van der Waals surface area contributed by atoms with Crippen LogP contribution in [0.1, 0.15) is 30.1 Å². The summed E-state index contributed by atoms with van der Waals surface area (Å²) in [7, 11) is 0. The van der Waals surface area contributed by atoms with Gasteiger partial charge in [-0.1, -0.05) is 6.92 Å². The molecule has 0 aliphatic heterocycles. The molecule has 0 aromatic heterocycles. The van der Waals surface area contributed by atoms with Gasteiger partial charge in [0.05, 0.1) is 4.92 Å². The Morgan fingerprint density at radius 1 is 1.29 bits per heavy atom. The highest BCUT2D eigenvalue weighted by Crippen LogP contribution is 2.17. The Kier molecular flexibility index (Phi) is 6.25. The van der Waals surface area contributed by atoms with Crippen LogP contribution in [0.2, 0.25) is 0 Å². The van der Waals surface area contributed by atoms with Gasteiger partial charge in [0.15, 0.2) is 0 Å². The summed E-state index contributed by atoms with van der Waals surface area (Å²) in [4.78, 5) is 32.6. The lowest BCUT2D eigenvalue weighted by molar-refractivity contribution is -0.387. The van der Waals surface area contributed by atoms with E-state index in [-0.39, 0.29) is 24.4 Å². The second kappa shape index (κ2) is 7.93. The zero-order valence-corrected chi connectivity index (χ0v) is 11.5. The minimum absolute atomic E-state index is 0.0351. The van der Waals surface area contributed by atoms with Crippen LogP contribution in [0, 0.1) is 15.9 Å². The molecule has 2 N–H and O–H groups in total. The van der Waals surface area contributed by atoms with Crippen molar-refractivity contribution in [3.63, 3.8) is 0 Å². The molecule has 7 nitrogen and oxygen atoms in total. The minimum atomic E-state index is -1.08. The summed E-state index contributed by atoms with van der Waals surface area (Å²) in [6.07, 6.45) is 0.932. The molecule has 0 saturated carbocycles. The van der Waals surface area contributed by atoms with Gasteiger partial charge in [-0.15, -0.1) is 0 Å². The molecule has 0 unspecified atom stereocenters. The van der Waals surface area contributed by atoms with Crippen LogP contribution < -0.4 is 10.6 Å². The molecule has 0 atom stereocenters. The number of hydrogen-bond acceptors (Lipinski definition) is 4. The Morgan fingerprint density at radius 3 is 2.57 bits per heavy atom. The average molecular weight is 297 g/mol. The SMILES string of the molecule is CCCNC(=O)CCNC(=O)c1ccc([N+](=O)[O-])c(F)c1. The lowest BCUT2D eigenvalue weighted by atomic mass is 10.2. The number of nitrogens with zero attached hydrogens (tertiary/aromatic N) is 1. The number of nitrogens with one attached hydrogen (secondary N) is 2. The number of halogens is 1. The normalized spacial score (nSPS) is 10.0. The van der Waals surface area contributed by atoms with Gasteiger partial charge in [-0.05, 0) is 18.6 Å². The van der Waals surface area contributed by atoms with Crippen LogP contribution in [-0.2, 0) is 4.79 Å². The Balaban J connectivity index is 2.51. The molecule has 0 radical (unpaired) electrons. The maximum atomic E-state index is 13.4. The highest BCUT2D eigenvalue weighted by Gasteiger charge is 2.16. The number of benzene rings is 1. The van der Waals surface area contributed by atoms with E-state index < -0.39 is 22.3 Å². The van der Waals surface area contributed by atoms with E-state index in [0.717, 1.165) is 24.6 Å². The molecule has 0 aliphatic carbocycles. The molecule has 114 valence electrons. The van der Waals surface area contributed by atoms with E-state index in [2.05, 4.69) is 10.6 Å². The molecule has 0 bridgehead atoms. The van der Waals surface area contributed by atoms with Crippen molar-refractivity contribution < 1.29 is 18.9 Å². The number of nitro benzene ring substituents is 1. The highest BCUT2D eigenvalue weighted by atomic mass is 19.1. The molecular formula is C13H16FN3O4. The van der Waals surface area contributed by atoms with Crippen LogP contribution in [-0.4, -0.2) is 29.8 Å². The summed E-state index contributed by atoms with van der Waals surface area (Å²) >= 11 is 0. The summed E-state index contributed by atoms with van der Waals surface area (Å²) in [6, 6.07) is 2.89. The summed E-state index contributed by atoms with van der Waals surface area (Å²) in [6.45, 7) is 2.60. The van der Waals surface area contributed by atoms with Crippen LogP contribution in [0.4, 0.5) is 10.1 Å². The van der Waals surface area contributed by atoms with Crippen LogP contribution in [0.15, 0.2) is 18.2 Å². The van der Waals surface area contributed by atoms with Gasteiger partial charge in [0.2, 0.25) is 11.7 Å². The standard InChI is InChI=1S/C13H16FN3O4/c1-2-6-15-12(18)5-7-16-13(19)9-3-4-11(17(20)21)10(14)8-9/h3-4,8H,2,5-7H2,1H3,(H,15,18)(H,16,19). The maximum absolute atomic E-state index is 13.4. The lowest BCUT2D eigenvalue weighted by Gasteiger charge is -2.06. The van der Waals surface area contributed by atoms with E-state index in [1.54, 1.807) is 0 Å².